The molecule has 1 aromatic carbocycles. The third kappa shape index (κ3) is 3.51. The summed E-state index contributed by atoms with van der Waals surface area (Å²) in [5.41, 5.74) is 9.95. The summed E-state index contributed by atoms with van der Waals surface area (Å²) in [5, 5.41) is 8.70. The monoisotopic (exact) mass is 277 g/mol. The zero-order valence-corrected chi connectivity index (χ0v) is 12.0. The summed E-state index contributed by atoms with van der Waals surface area (Å²) in [6.07, 6.45) is 4.53. The lowest BCUT2D eigenvalue weighted by Crippen LogP contribution is -2.19. The maximum atomic E-state index is 10.6. The molecule has 0 amide bonds. The number of nitrogens with two attached hydrogens (primary N) is 1. The first kappa shape index (κ1) is 14.9. The zero-order valence-electron chi connectivity index (χ0n) is 12.0. The van der Waals surface area contributed by atoms with Crippen LogP contribution in [0.25, 0.3) is 0 Å². The fourth-order valence-electron chi connectivity index (χ4n) is 2.93. The van der Waals surface area contributed by atoms with Gasteiger partial charge in [-0.15, -0.1) is 0 Å². The lowest BCUT2D eigenvalue weighted by molar-refractivity contribution is -0.137. The van der Waals surface area contributed by atoms with E-state index >= 15 is 0 Å². The minimum absolute atomic E-state index is 0.208. The number of rotatable bonds is 7. The van der Waals surface area contributed by atoms with Gasteiger partial charge in [0.05, 0.1) is 6.61 Å². The second kappa shape index (κ2) is 6.75. The Hall–Kier alpha value is -1.55. The van der Waals surface area contributed by atoms with Crippen molar-refractivity contribution in [2.45, 2.75) is 51.5 Å². The van der Waals surface area contributed by atoms with Crippen LogP contribution >= 0.6 is 0 Å². The van der Waals surface area contributed by atoms with Gasteiger partial charge in [0, 0.05) is 12.5 Å². The van der Waals surface area contributed by atoms with Crippen molar-refractivity contribution in [3.05, 3.63) is 28.8 Å². The van der Waals surface area contributed by atoms with Crippen LogP contribution in [0.2, 0.25) is 0 Å². The van der Waals surface area contributed by atoms with Crippen LogP contribution in [0.4, 0.5) is 0 Å². The van der Waals surface area contributed by atoms with Crippen molar-refractivity contribution < 1.29 is 14.6 Å². The van der Waals surface area contributed by atoms with E-state index in [4.69, 9.17) is 15.6 Å². The molecule has 0 aliphatic heterocycles. The highest BCUT2D eigenvalue weighted by atomic mass is 16.5. The molecule has 0 spiro atoms. The molecule has 4 heteroatoms. The van der Waals surface area contributed by atoms with E-state index in [0.717, 1.165) is 31.4 Å². The molecule has 20 heavy (non-hydrogen) atoms. The largest absolute Gasteiger partial charge is 0.494 e. The van der Waals surface area contributed by atoms with Crippen molar-refractivity contribution >= 4 is 5.97 Å². The average molecular weight is 277 g/mol. The topological polar surface area (TPSA) is 72.5 Å². The number of carboxylic acids is 1. The Morgan fingerprint density at radius 2 is 2.20 bits per heavy atom. The molecule has 0 heterocycles. The summed E-state index contributed by atoms with van der Waals surface area (Å²) in [6, 6.07) is 4.36. The van der Waals surface area contributed by atoms with E-state index in [9.17, 15) is 4.79 Å². The minimum atomic E-state index is -0.727. The molecule has 1 aliphatic carbocycles. The standard InChI is InChI=1S/C16H23NO3/c1-2-20-15-8-7-11-9-12(17)10-14(11)13(15)5-3-4-6-16(18)19/h7-8,12H,2-6,9-10,17H2,1H3,(H,18,19). The van der Waals surface area contributed by atoms with Crippen molar-refractivity contribution in [1.82, 2.24) is 0 Å². The van der Waals surface area contributed by atoms with Crippen LogP contribution in [-0.4, -0.2) is 23.7 Å². The van der Waals surface area contributed by atoms with Crippen LogP contribution in [0.1, 0.15) is 42.9 Å². The maximum Gasteiger partial charge on any atom is 0.303 e. The Morgan fingerprint density at radius 1 is 1.40 bits per heavy atom. The number of fused-ring (bicyclic) bond motifs is 1. The Kier molecular flexibility index (Phi) is 5.01. The second-order valence-electron chi connectivity index (χ2n) is 5.38. The summed E-state index contributed by atoms with van der Waals surface area (Å²) in [4.78, 5) is 10.6. The quantitative estimate of drug-likeness (QED) is 0.750. The van der Waals surface area contributed by atoms with Crippen molar-refractivity contribution in [3.63, 3.8) is 0 Å². The molecular weight excluding hydrogens is 254 g/mol. The highest BCUT2D eigenvalue weighted by Gasteiger charge is 2.23. The first-order valence-corrected chi connectivity index (χ1v) is 7.35. The van der Waals surface area contributed by atoms with Crippen molar-refractivity contribution in [2.24, 2.45) is 5.73 Å². The Morgan fingerprint density at radius 3 is 2.90 bits per heavy atom. The van der Waals surface area contributed by atoms with Crippen molar-refractivity contribution in [3.8, 4) is 5.75 Å². The Labute approximate surface area is 119 Å². The molecule has 3 N–H and O–H groups in total. The summed E-state index contributed by atoms with van der Waals surface area (Å²) < 4.78 is 5.72. The summed E-state index contributed by atoms with van der Waals surface area (Å²) in [5.74, 6) is 0.214. The molecule has 2 rings (SSSR count). The van der Waals surface area contributed by atoms with E-state index in [1.54, 1.807) is 0 Å². The van der Waals surface area contributed by atoms with Gasteiger partial charge in [0.1, 0.15) is 5.75 Å². The van der Waals surface area contributed by atoms with Crippen LogP contribution in [0.15, 0.2) is 12.1 Å². The van der Waals surface area contributed by atoms with E-state index < -0.39 is 5.97 Å². The van der Waals surface area contributed by atoms with Gasteiger partial charge in [0.2, 0.25) is 0 Å². The Balaban J connectivity index is 2.11. The minimum Gasteiger partial charge on any atom is -0.494 e. The van der Waals surface area contributed by atoms with Crippen molar-refractivity contribution in [1.29, 1.82) is 0 Å². The molecule has 0 saturated carbocycles. The molecule has 0 fully saturated rings. The lowest BCUT2D eigenvalue weighted by Gasteiger charge is -2.14. The van der Waals surface area contributed by atoms with Gasteiger partial charge in [-0.05, 0) is 61.8 Å². The van der Waals surface area contributed by atoms with E-state index in [2.05, 4.69) is 6.07 Å². The molecule has 110 valence electrons. The fourth-order valence-corrected chi connectivity index (χ4v) is 2.93. The van der Waals surface area contributed by atoms with Crippen molar-refractivity contribution in [2.75, 3.05) is 6.61 Å². The third-order valence-electron chi connectivity index (χ3n) is 3.80. The number of benzene rings is 1. The highest BCUT2D eigenvalue weighted by molar-refractivity contribution is 5.66. The SMILES string of the molecule is CCOc1ccc2c(c1CCCCC(=O)O)CC(N)C2. The van der Waals surface area contributed by atoms with Crippen LogP contribution < -0.4 is 10.5 Å². The van der Waals surface area contributed by atoms with E-state index in [0.29, 0.717) is 13.0 Å². The highest BCUT2D eigenvalue weighted by Crippen LogP contribution is 2.33. The molecule has 0 radical (unpaired) electrons. The molecule has 1 aromatic rings. The number of carboxylic acid groups (broad SMARTS) is 1. The molecule has 0 bridgehead atoms. The van der Waals surface area contributed by atoms with Gasteiger partial charge in [0.25, 0.3) is 0 Å². The number of hydrogen-bond donors (Lipinski definition) is 2. The summed E-state index contributed by atoms with van der Waals surface area (Å²) in [7, 11) is 0. The maximum absolute atomic E-state index is 10.6. The van der Waals surface area contributed by atoms with Gasteiger partial charge in [-0.25, -0.2) is 0 Å². The van der Waals surface area contributed by atoms with E-state index in [1.165, 1.54) is 16.7 Å². The van der Waals surface area contributed by atoms with Gasteiger partial charge < -0.3 is 15.6 Å². The van der Waals surface area contributed by atoms with Gasteiger partial charge >= 0.3 is 5.97 Å². The van der Waals surface area contributed by atoms with Gasteiger partial charge in [-0.2, -0.15) is 0 Å². The normalized spacial score (nSPS) is 17.0. The second-order valence-corrected chi connectivity index (χ2v) is 5.38. The summed E-state index contributed by atoms with van der Waals surface area (Å²) >= 11 is 0. The fraction of sp³-hybridized carbons (Fsp3) is 0.562. The predicted octanol–water partition coefficient (Wildman–Crippen LogP) is 2.31. The molecule has 4 nitrogen and oxygen atoms in total. The number of aliphatic carboxylic acids is 1. The third-order valence-corrected chi connectivity index (χ3v) is 3.80. The number of carbonyl (C=O) groups is 1. The average Bonchev–Trinajstić information content (AvgIpc) is 2.77. The van der Waals surface area contributed by atoms with Crippen LogP contribution in [0.3, 0.4) is 0 Å². The first-order chi connectivity index (χ1) is 9.61. The van der Waals surface area contributed by atoms with Gasteiger partial charge in [-0.1, -0.05) is 6.07 Å². The molecule has 1 atom stereocenters. The smallest absolute Gasteiger partial charge is 0.303 e. The Bertz CT molecular complexity index is 485. The molecular formula is C16H23NO3. The number of ether oxygens (including phenoxy) is 1. The zero-order chi connectivity index (χ0) is 14.5. The lowest BCUT2D eigenvalue weighted by atomic mass is 9.97. The van der Waals surface area contributed by atoms with Gasteiger partial charge in [-0.3, -0.25) is 4.79 Å². The van der Waals surface area contributed by atoms with Gasteiger partial charge in [0.15, 0.2) is 0 Å². The first-order valence-electron chi connectivity index (χ1n) is 7.35. The molecule has 0 saturated heterocycles. The van der Waals surface area contributed by atoms with E-state index in [-0.39, 0.29) is 12.5 Å². The van der Waals surface area contributed by atoms with Crippen LogP contribution in [-0.2, 0) is 24.1 Å². The number of hydrogen-bond acceptors (Lipinski definition) is 3. The number of unbranched alkanes of at least 4 members (excludes halogenated alkanes) is 1. The van der Waals surface area contributed by atoms with Crippen LogP contribution in [0.5, 0.6) is 5.75 Å². The molecule has 1 aliphatic rings. The van der Waals surface area contributed by atoms with E-state index in [1.807, 2.05) is 13.0 Å². The molecule has 1 unspecified atom stereocenters. The molecule has 0 aromatic heterocycles. The predicted molar refractivity (Wildman–Crippen MR) is 78.2 cm³/mol. The summed E-state index contributed by atoms with van der Waals surface area (Å²) in [6.45, 7) is 2.63. The van der Waals surface area contributed by atoms with Crippen LogP contribution in [0, 0.1) is 0 Å².